The molecule has 1 aromatic carbocycles. The van der Waals surface area contributed by atoms with Crippen molar-refractivity contribution >= 4 is 17.2 Å². The number of nitrogens with zero attached hydrogens (tertiary/aromatic N) is 6. The molecule has 0 radical (unpaired) electrons. The largest absolute Gasteiger partial charge is 0.352 e. The highest BCUT2D eigenvalue weighted by Crippen LogP contribution is 2.20. The predicted octanol–water partition coefficient (Wildman–Crippen LogP) is 1.79. The molecule has 0 spiro atoms. The Balaban J connectivity index is 1.52. The van der Waals surface area contributed by atoms with Crippen LogP contribution in [0, 0.1) is 18.6 Å². The average Bonchev–Trinajstić information content (AvgIpc) is 3.39. The second-order valence-electron chi connectivity index (χ2n) is 6.79. The Labute approximate surface area is 178 Å². The highest BCUT2D eigenvalue weighted by Gasteiger charge is 2.19. The van der Waals surface area contributed by atoms with E-state index in [9.17, 15) is 18.4 Å². The highest BCUT2D eigenvalue weighted by atomic mass is 32.1. The smallest absolute Gasteiger partial charge is 0.346 e. The second-order valence-corrected chi connectivity index (χ2v) is 7.77. The molecule has 0 atom stereocenters. The molecule has 1 amide bonds. The van der Waals surface area contributed by atoms with E-state index in [0.717, 1.165) is 34.2 Å². The van der Waals surface area contributed by atoms with Gasteiger partial charge < -0.3 is 5.32 Å². The second kappa shape index (κ2) is 8.22. The number of aromatic nitrogens is 6. The number of carbonyl (C=O) groups excluding carboxylic acids is 1. The Hall–Kier alpha value is -3.67. The zero-order valence-corrected chi connectivity index (χ0v) is 17.4. The summed E-state index contributed by atoms with van der Waals surface area (Å²) in [6.45, 7) is 1.82. The van der Waals surface area contributed by atoms with Crippen LogP contribution in [0.15, 0.2) is 41.6 Å². The van der Waals surface area contributed by atoms with Crippen LogP contribution in [0.2, 0.25) is 0 Å². The first-order chi connectivity index (χ1) is 14.8. The summed E-state index contributed by atoms with van der Waals surface area (Å²) in [6, 6.07) is 4.81. The Morgan fingerprint density at radius 2 is 1.97 bits per heavy atom. The standard InChI is InChI=1S/C19H17F2N7O2S/c1-11-16(17(29)22-8-15-3-4-26(2)25-15)31-18(24-11)27-10-23-28(19(27)30)9-12-5-13(20)7-14(21)6-12/h3-7,10H,8-9H2,1-2H3,(H,22,29). The number of rotatable bonds is 6. The SMILES string of the molecule is Cc1nc(-n2cnn(Cc3cc(F)cc(F)c3)c2=O)sc1C(=O)NCc1ccn(C)n1. The Morgan fingerprint density at radius 3 is 2.65 bits per heavy atom. The molecule has 0 saturated carbocycles. The van der Waals surface area contributed by atoms with Crippen molar-refractivity contribution in [3.8, 4) is 5.13 Å². The number of halogens is 2. The fourth-order valence-corrected chi connectivity index (χ4v) is 3.90. The van der Waals surface area contributed by atoms with Crippen molar-refractivity contribution in [1.29, 1.82) is 0 Å². The number of amides is 1. The molecule has 9 nitrogen and oxygen atoms in total. The van der Waals surface area contributed by atoms with Gasteiger partial charge in [-0.25, -0.2) is 27.8 Å². The minimum Gasteiger partial charge on any atom is -0.346 e. The van der Waals surface area contributed by atoms with Gasteiger partial charge in [0.25, 0.3) is 5.91 Å². The maximum atomic E-state index is 13.4. The van der Waals surface area contributed by atoms with Crippen LogP contribution in [-0.4, -0.2) is 35.0 Å². The molecule has 12 heteroatoms. The van der Waals surface area contributed by atoms with Crippen molar-refractivity contribution in [1.82, 2.24) is 34.4 Å². The topological polar surface area (TPSA) is 99.6 Å². The number of thiazole rings is 1. The molecule has 1 N–H and O–H groups in total. The van der Waals surface area contributed by atoms with Crippen molar-refractivity contribution in [3.05, 3.63) is 80.7 Å². The first kappa shape index (κ1) is 20.6. The van der Waals surface area contributed by atoms with Crippen molar-refractivity contribution < 1.29 is 13.6 Å². The summed E-state index contributed by atoms with van der Waals surface area (Å²) < 4.78 is 30.7. The quantitative estimate of drug-likeness (QED) is 0.488. The van der Waals surface area contributed by atoms with E-state index in [1.807, 2.05) is 0 Å². The molecule has 3 aromatic heterocycles. The summed E-state index contributed by atoms with van der Waals surface area (Å²) in [5, 5.41) is 11.2. The third kappa shape index (κ3) is 4.43. The van der Waals surface area contributed by atoms with Gasteiger partial charge in [0, 0.05) is 19.3 Å². The fourth-order valence-electron chi connectivity index (χ4n) is 2.96. The third-order valence-corrected chi connectivity index (χ3v) is 5.54. The van der Waals surface area contributed by atoms with Crippen molar-refractivity contribution in [2.24, 2.45) is 7.05 Å². The molecule has 0 fully saturated rings. The normalized spacial score (nSPS) is 11.1. The number of carbonyl (C=O) groups is 1. The Bertz CT molecular complexity index is 1300. The van der Waals surface area contributed by atoms with E-state index in [4.69, 9.17) is 0 Å². The molecule has 4 rings (SSSR count). The molecule has 0 aliphatic rings. The van der Waals surface area contributed by atoms with Crippen LogP contribution < -0.4 is 11.0 Å². The van der Waals surface area contributed by atoms with Crippen LogP contribution in [-0.2, 0) is 20.1 Å². The van der Waals surface area contributed by atoms with Crippen LogP contribution in [0.1, 0.15) is 26.6 Å². The fraction of sp³-hybridized carbons (Fsp3) is 0.211. The number of benzene rings is 1. The van der Waals surface area contributed by atoms with Crippen LogP contribution in [0.4, 0.5) is 8.78 Å². The van der Waals surface area contributed by atoms with Crippen LogP contribution in [0.25, 0.3) is 5.13 Å². The lowest BCUT2D eigenvalue weighted by molar-refractivity contribution is 0.0953. The summed E-state index contributed by atoms with van der Waals surface area (Å²) >= 11 is 1.04. The van der Waals surface area contributed by atoms with Gasteiger partial charge in [-0.15, -0.1) is 0 Å². The van der Waals surface area contributed by atoms with E-state index < -0.39 is 17.3 Å². The molecule has 0 aliphatic carbocycles. The molecular formula is C19H17F2N7O2S. The molecule has 0 bridgehead atoms. The minimum absolute atomic E-state index is 0.109. The number of hydrogen-bond acceptors (Lipinski definition) is 6. The number of hydrogen-bond donors (Lipinski definition) is 1. The maximum Gasteiger partial charge on any atom is 0.352 e. The van der Waals surface area contributed by atoms with E-state index in [1.165, 1.54) is 10.9 Å². The average molecular weight is 445 g/mol. The van der Waals surface area contributed by atoms with E-state index in [2.05, 4.69) is 20.5 Å². The molecule has 0 aliphatic heterocycles. The minimum atomic E-state index is -0.737. The van der Waals surface area contributed by atoms with E-state index in [0.29, 0.717) is 16.3 Å². The van der Waals surface area contributed by atoms with Gasteiger partial charge in [0.05, 0.1) is 24.5 Å². The van der Waals surface area contributed by atoms with Crippen molar-refractivity contribution in [2.75, 3.05) is 0 Å². The Morgan fingerprint density at radius 1 is 1.23 bits per heavy atom. The van der Waals surface area contributed by atoms with Crippen molar-refractivity contribution in [3.63, 3.8) is 0 Å². The van der Waals surface area contributed by atoms with Crippen LogP contribution in [0.5, 0.6) is 0 Å². The van der Waals surface area contributed by atoms with Gasteiger partial charge in [0.15, 0.2) is 5.13 Å². The lowest BCUT2D eigenvalue weighted by atomic mass is 10.2. The summed E-state index contributed by atoms with van der Waals surface area (Å²) in [5.74, 6) is -1.80. The van der Waals surface area contributed by atoms with Gasteiger partial charge in [-0.05, 0) is 30.7 Å². The maximum absolute atomic E-state index is 13.4. The zero-order valence-electron chi connectivity index (χ0n) is 16.5. The first-order valence-electron chi connectivity index (χ1n) is 9.14. The van der Waals surface area contributed by atoms with Crippen LogP contribution >= 0.6 is 11.3 Å². The van der Waals surface area contributed by atoms with Gasteiger partial charge in [-0.3, -0.25) is 9.48 Å². The lowest BCUT2D eigenvalue weighted by Gasteiger charge is -2.01. The van der Waals surface area contributed by atoms with Gasteiger partial charge in [0.2, 0.25) is 0 Å². The molecule has 160 valence electrons. The van der Waals surface area contributed by atoms with E-state index in [1.54, 1.807) is 30.9 Å². The van der Waals surface area contributed by atoms with Gasteiger partial charge >= 0.3 is 5.69 Å². The molecule has 0 saturated heterocycles. The lowest BCUT2D eigenvalue weighted by Crippen LogP contribution is -2.24. The third-order valence-electron chi connectivity index (χ3n) is 4.38. The highest BCUT2D eigenvalue weighted by molar-refractivity contribution is 7.16. The molecule has 31 heavy (non-hydrogen) atoms. The summed E-state index contributed by atoms with van der Waals surface area (Å²) in [4.78, 5) is 29.9. The van der Waals surface area contributed by atoms with Crippen molar-refractivity contribution in [2.45, 2.75) is 20.0 Å². The van der Waals surface area contributed by atoms with Crippen LogP contribution in [0.3, 0.4) is 0 Å². The summed E-state index contributed by atoms with van der Waals surface area (Å²) in [5.41, 5.74) is 0.892. The summed E-state index contributed by atoms with van der Waals surface area (Å²) in [6.07, 6.45) is 3.03. The van der Waals surface area contributed by atoms with Gasteiger partial charge in [-0.2, -0.15) is 10.2 Å². The predicted molar refractivity (Wildman–Crippen MR) is 108 cm³/mol. The molecule has 4 aromatic rings. The monoisotopic (exact) mass is 445 g/mol. The molecular weight excluding hydrogens is 428 g/mol. The summed E-state index contributed by atoms with van der Waals surface area (Å²) in [7, 11) is 1.79. The molecule has 0 unspecified atom stereocenters. The van der Waals surface area contributed by atoms with Gasteiger partial charge in [0.1, 0.15) is 22.8 Å². The Kier molecular flexibility index (Phi) is 5.46. The number of nitrogens with one attached hydrogen (secondary N) is 1. The number of aryl methyl sites for hydroxylation is 2. The van der Waals surface area contributed by atoms with E-state index >= 15 is 0 Å². The van der Waals surface area contributed by atoms with E-state index in [-0.39, 0.29) is 29.7 Å². The van der Waals surface area contributed by atoms with Gasteiger partial charge in [-0.1, -0.05) is 11.3 Å². The molecule has 3 heterocycles. The first-order valence-corrected chi connectivity index (χ1v) is 9.96. The zero-order chi connectivity index (χ0) is 22.1.